The first-order valence-electron chi connectivity index (χ1n) is 10.4. The molecule has 0 bridgehead atoms. The van der Waals surface area contributed by atoms with E-state index in [1.807, 2.05) is 54.8 Å². The molecule has 0 atom stereocenters. The predicted molar refractivity (Wildman–Crippen MR) is 124 cm³/mol. The van der Waals surface area contributed by atoms with Crippen LogP contribution >= 0.6 is 11.8 Å². The van der Waals surface area contributed by atoms with Gasteiger partial charge in [0.2, 0.25) is 5.89 Å². The van der Waals surface area contributed by atoms with Gasteiger partial charge in [-0.3, -0.25) is 0 Å². The molecule has 0 saturated heterocycles. The van der Waals surface area contributed by atoms with Crippen molar-refractivity contribution in [2.45, 2.75) is 37.9 Å². The van der Waals surface area contributed by atoms with E-state index in [1.165, 1.54) is 11.8 Å². The minimum atomic E-state index is 0.304. The largest absolute Gasteiger partial charge is 0.485 e. The van der Waals surface area contributed by atoms with E-state index in [-0.39, 0.29) is 0 Å². The lowest BCUT2D eigenvalue weighted by Gasteiger charge is -2.13. The van der Waals surface area contributed by atoms with E-state index in [1.54, 1.807) is 7.11 Å². The molecule has 0 aliphatic carbocycles. The number of aryl methyl sites for hydroxylation is 2. The fourth-order valence-electron chi connectivity index (χ4n) is 3.26. The molecule has 4 rings (SSSR count). The molecule has 166 valence electrons. The number of hydrogen-bond acceptors (Lipinski definition) is 7. The van der Waals surface area contributed by atoms with Crippen LogP contribution in [0.2, 0.25) is 0 Å². The van der Waals surface area contributed by atoms with Gasteiger partial charge in [-0.25, -0.2) is 4.98 Å². The zero-order valence-corrected chi connectivity index (χ0v) is 19.3. The summed E-state index contributed by atoms with van der Waals surface area (Å²) in [4.78, 5) is 4.44. The van der Waals surface area contributed by atoms with Crippen molar-refractivity contribution in [1.82, 2.24) is 19.7 Å². The van der Waals surface area contributed by atoms with Crippen LogP contribution in [0.1, 0.15) is 23.2 Å². The Morgan fingerprint density at radius 1 is 1.00 bits per heavy atom. The molecule has 0 saturated carbocycles. The minimum Gasteiger partial charge on any atom is -0.485 e. The maximum absolute atomic E-state index is 6.19. The zero-order valence-electron chi connectivity index (χ0n) is 18.4. The van der Waals surface area contributed by atoms with Gasteiger partial charge in [0, 0.05) is 19.2 Å². The third-order valence-electron chi connectivity index (χ3n) is 5.04. The number of thioether (sulfide) groups is 1. The van der Waals surface area contributed by atoms with Crippen LogP contribution in [-0.4, -0.2) is 33.5 Å². The lowest BCUT2D eigenvalue weighted by molar-refractivity contribution is 0.181. The third kappa shape index (κ3) is 5.20. The van der Waals surface area contributed by atoms with Crippen LogP contribution < -0.4 is 4.74 Å². The van der Waals surface area contributed by atoms with Crippen LogP contribution in [-0.2, 0) is 23.6 Å². The van der Waals surface area contributed by atoms with Crippen LogP contribution in [0.15, 0.2) is 64.2 Å². The number of oxazole rings is 1. The van der Waals surface area contributed by atoms with Crippen LogP contribution in [0, 0.1) is 13.8 Å². The number of methoxy groups -OCH3 is 1. The van der Waals surface area contributed by atoms with Crippen molar-refractivity contribution in [3.63, 3.8) is 0 Å². The van der Waals surface area contributed by atoms with Gasteiger partial charge in [-0.1, -0.05) is 60.3 Å². The molecule has 0 N–H and O–H groups in total. The lowest BCUT2D eigenvalue weighted by Crippen LogP contribution is -2.12. The second-order valence-electron chi connectivity index (χ2n) is 7.23. The molecule has 8 heteroatoms. The highest BCUT2D eigenvalue weighted by Gasteiger charge is 2.16. The molecule has 2 heterocycles. The van der Waals surface area contributed by atoms with Gasteiger partial charge in [0.25, 0.3) is 0 Å². The molecule has 0 unspecified atom stereocenters. The molecule has 0 amide bonds. The number of hydrogen-bond donors (Lipinski definition) is 0. The SMILES string of the molecule is COCCn1c(COc2ccccc2-c2ccccc2)nnc1SCc1nc(C)c(C)o1. The summed E-state index contributed by atoms with van der Waals surface area (Å²) >= 11 is 1.54. The Hall–Kier alpha value is -3.10. The summed E-state index contributed by atoms with van der Waals surface area (Å²) in [6.45, 7) is 5.35. The van der Waals surface area contributed by atoms with Gasteiger partial charge in [-0.2, -0.15) is 0 Å². The maximum Gasteiger partial charge on any atom is 0.205 e. The van der Waals surface area contributed by atoms with Crippen molar-refractivity contribution in [2.24, 2.45) is 0 Å². The first-order valence-corrected chi connectivity index (χ1v) is 11.4. The molecule has 2 aromatic heterocycles. The molecular formula is C24H26N4O3S. The lowest BCUT2D eigenvalue weighted by atomic mass is 10.1. The molecular weight excluding hydrogens is 424 g/mol. The Bertz CT molecular complexity index is 1140. The summed E-state index contributed by atoms with van der Waals surface area (Å²) in [5, 5.41) is 9.54. The van der Waals surface area contributed by atoms with E-state index in [2.05, 4.69) is 33.4 Å². The molecule has 32 heavy (non-hydrogen) atoms. The molecule has 0 aliphatic rings. The minimum absolute atomic E-state index is 0.304. The molecule has 4 aromatic rings. The Morgan fingerprint density at radius 3 is 2.53 bits per heavy atom. The molecule has 0 fully saturated rings. The second kappa shape index (κ2) is 10.5. The molecule has 0 spiro atoms. The van der Waals surface area contributed by atoms with Crippen molar-refractivity contribution in [3.05, 3.63) is 77.8 Å². The van der Waals surface area contributed by atoms with E-state index in [0.29, 0.717) is 31.4 Å². The third-order valence-corrected chi connectivity index (χ3v) is 5.99. The fraction of sp³-hybridized carbons (Fsp3) is 0.292. The number of para-hydroxylation sites is 1. The fourth-order valence-corrected chi connectivity index (χ4v) is 4.09. The van der Waals surface area contributed by atoms with E-state index in [0.717, 1.165) is 39.3 Å². The highest BCUT2D eigenvalue weighted by atomic mass is 32.2. The summed E-state index contributed by atoms with van der Waals surface area (Å²) in [5.74, 6) is 3.65. The summed E-state index contributed by atoms with van der Waals surface area (Å²) in [6, 6.07) is 18.2. The van der Waals surface area contributed by atoms with Crippen molar-refractivity contribution < 1.29 is 13.9 Å². The highest BCUT2D eigenvalue weighted by Crippen LogP contribution is 2.30. The van der Waals surface area contributed by atoms with Gasteiger partial charge in [-0.15, -0.1) is 10.2 Å². The average Bonchev–Trinajstić information content (AvgIpc) is 3.37. The Labute approximate surface area is 191 Å². The molecule has 2 aromatic carbocycles. The maximum atomic E-state index is 6.19. The van der Waals surface area contributed by atoms with E-state index >= 15 is 0 Å². The van der Waals surface area contributed by atoms with Crippen LogP contribution in [0.4, 0.5) is 0 Å². The standard InChI is InChI=1S/C24H26N4O3S/c1-17-18(2)31-23(25-17)16-32-24-27-26-22(28(24)13-14-29-3)15-30-21-12-8-7-11-20(21)19-9-5-4-6-10-19/h4-12H,13-16H2,1-3H3. The van der Waals surface area contributed by atoms with E-state index in [9.17, 15) is 0 Å². The van der Waals surface area contributed by atoms with Crippen molar-refractivity contribution >= 4 is 11.8 Å². The van der Waals surface area contributed by atoms with Gasteiger partial charge >= 0.3 is 0 Å². The Kier molecular flexibility index (Phi) is 7.24. The van der Waals surface area contributed by atoms with Crippen LogP contribution in [0.5, 0.6) is 5.75 Å². The average molecular weight is 451 g/mol. The highest BCUT2D eigenvalue weighted by molar-refractivity contribution is 7.98. The van der Waals surface area contributed by atoms with Gasteiger partial charge < -0.3 is 18.5 Å². The van der Waals surface area contributed by atoms with Gasteiger partial charge in [-0.05, 0) is 25.5 Å². The number of rotatable bonds is 10. The van der Waals surface area contributed by atoms with E-state index in [4.69, 9.17) is 13.9 Å². The van der Waals surface area contributed by atoms with Gasteiger partial charge in [0.05, 0.1) is 18.1 Å². The smallest absolute Gasteiger partial charge is 0.205 e. The number of aromatic nitrogens is 4. The number of ether oxygens (including phenoxy) is 2. The second-order valence-corrected chi connectivity index (χ2v) is 8.17. The Balaban J connectivity index is 1.50. The van der Waals surface area contributed by atoms with Crippen LogP contribution in [0.3, 0.4) is 0 Å². The first kappa shape index (κ1) is 22.1. The van der Waals surface area contributed by atoms with Gasteiger partial charge in [0.1, 0.15) is 18.1 Å². The van der Waals surface area contributed by atoms with Crippen molar-refractivity contribution in [1.29, 1.82) is 0 Å². The van der Waals surface area contributed by atoms with Crippen LogP contribution in [0.25, 0.3) is 11.1 Å². The number of benzene rings is 2. The summed E-state index contributed by atoms with van der Waals surface area (Å²) in [5.41, 5.74) is 3.06. The molecule has 0 radical (unpaired) electrons. The van der Waals surface area contributed by atoms with Gasteiger partial charge in [0.15, 0.2) is 11.0 Å². The zero-order chi connectivity index (χ0) is 22.3. The molecule has 7 nitrogen and oxygen atoms in total. The number of nitrogens with zero attached hydrogens (tertiary/aromatic N) is 4. The summed E-state index contributed by atoms with van der Waals surface area (Å²) in [6.07, 6.45) is 0. The predicted octanol–water partition coefficient (Wildman–Crippen LogP) is 5.07. The summed E-state index contributed by atoms with van der Waals surface area (Å²) < 4.78 is 19.2. The Morgan fingerprint density at radius 2 is 1.78 bits per heavy atom. The monoisotopic (exact) mass is 450 g/mol. The van der Waals surface area contributed by atoms with Crippen molar-refractivity contribution in [3.8, 4) is 16.9 Å². The quantitative estimate of drug-likeness (QED) is 0.312. The normalized spacial score (nSPS) is 11.1. The molecule has 0 aliphatic heterocycles. The van der Waals surface area contributed by atoms with E-state index < -0.39 is 0 Å². The topological polar surface area (TPSA) is 75.2 Å². The van der Waals surface area contributed by atoms with Crippen molar-refractivity contribution in [2.75, 3.05) is 13.7 Å². The first-order chi connectivity index (χ1) is 15.7. The summed E-state index contributed by atoms with van der Waals surface area (Å²) in [7, 11) is 1.68.